The molecule has 5 nitrogen and oxygen atoms in total. The molecule has 0 fully saturated rings. The first-order valence-electron chi connectivity index (χ1n) is 8.01. The predicted octanol–water partition coefficient (Wildman–Crippen LogP) is 2.82. The quantitative estimate of drug-likeness (QED) is 0.317. The number of aliphatic imine (C=N–C) groups is 1. The molecular formula is C18H24FIN4OS. The molecule has 1 atom stereocenters. The summed E-state index contributed by atoms with van der Waals surface area (Å²) in [7, 11) is 1.67. The Hall–Kier alpha value is -1.68. The molecule has 0 radical (unpaired) electrons. The van der Waals surface area contributed by atoms with E-state index >= 15 is 0 Å². The van der Waals surface area contributed by atoms with Crippen LogP contribution in [-0.4, -0.2) is 25.5 Å². The van der Waals surface area contributed by atoms with Crippen LogP contribution in [0.2, 0.25) is 0 Å². The molecule has 8 heteroatoms. The third-order valence-corrected chi connectivity index (χ3v) is 4.76. The van der Waals surface area contributed by atoms with E-state index in [1.165, 1.54) is 21.9 Å². The molecule has 0 bridgehead atoms. The number of nitrogens with zero attached hydrogens (tertiary/aromatic N) is 1. The topological polar surface area (TPSA) is 79.5 Å². The summed E-state index contributed by atoms with van der Waals surface area (Å²) in [5.74, 6) is -0.503. The van der Waals surface area contributed by atoms with Crippen molar-refractivity contribution in [3.8, 4) is 0 Å². The van der Waals surface area contributed by atoms with Gasteiger partial charge < -0.3 is 16.4 Å². The molecule has 1 unspecified atom stereocenters. The van der Waals surface area contributed by atoms with E-state index in [-0.39, 0.29) is 29.8 Å². The van der Waals surface area contributed by atoms with Crippen molar-refractivity contribution in [2.75, 3.05) is 13.6 Å². The van der Waals surface area contributed by atoms with Crippen LogP contribution in [0, 0.1) is 18.7 Å². The summed E-state index contributed by atoms with van der Waals surface area (Å²) >= 11 is 1.72. The Bertz CT molecular complexity index is 733. The van der Waals surface area contributed by atoms with Gasteiger partial charge in [-0.2, -0.15) is 0 Å². The van der Waals surface area contributed by atoms with Gasteiger partial charge >= 0.3 is 0 Å². The average molecular weight is 490 g/mol. The summed E-state index contributed by atoms with van der Waals surface area (Å²) in [6.07, 6.45) is 0.448. The SMILES string of the molecule is CN=C(NCc1ccc(C)s1)NCC(Cc1ccc(F)cc1)C(N)=O.I. The minimum absolute atomic E-state index is 0. The van der Waals surface area contributed by atoms with E-state index in [0.717, 1.165) is 5.56 Å². The molecule has 0 aliphatic rings. The minimum atomic E-state index is -0.409. The summed E-state index contributed by atoms with van der Waals surface area (Å²) < 4.78 is 13.0. The van der Waals surface area contributed by atoms with Crippen LogP contribution in [0.1, 0.15) is 15.3 Å². The van der Waals surface area contributed by atoms with Gasteiger partial charge in [0.25, 0.3) is 0 Å². The fourth-order valence-electron chi connectivity index (χ4n) is 2.37. The number of carbonyl (C=O) groups excluding carboxylic acids is 1. The van der Waals surface area contributed by atoms with Crippen LogP contribution in [0.3, 0.4) is 0 Å². The fraction of sp³-hybridized carbons (Fsp3) is 0.333. The number of nitrogens with one attached hydrogen (secondary N) is 2. The normalized spacial score (nSPS) is 12.2. The van der Waals surface area contributed by atoms with Gasteiger partial charge in [-0.25, -0.2) is 4.39 Å². The maximum absolute atomic E-state index is 13.0. The van der Waals surface area contributed by atoms with Gasteiger partial charge in [-0.1, -0.05) is 12.1 Å². The second-order valence-electron chi connectivity index (χ2n) is 5.75. The summed E-state index contributed by atoms with van der Waals surface area (Å²) in [6.45, 7) is 3.08. The van der Waals surface area contributed by atoms with Gasteiger partial charge in [0.05, 0.1) is 12.5 Å². The van der Waals surface area contributed by atoms with Gasteiger partial charge in [0.1, 0.15) is 5.82 Å². The number of guanidine groups is 1. The lowest BCUT2D eigenvalue weighted by molar-refractivity contribution is -0.121. The van der Waals surface area contributed by atoms with Crippen LogP contribution in [0.4, 0.5) is 4.39 Å². The number of hydrogen-bond donors (Lipinski definition) is 3. The molecule has 142 valence electrons. The lowest BCUT2D eigenvalue weighted by Crippen LogP contribution is -2.42. The Morgan fingerprint density at radius 3 is 2.46 bits per heavy atom. The number of aryl methyl sites for hydroxylation is 1. The van der Waals surface area contributed by atoms with Crippen molar-refractivity contribution in [2.45, 2.75) is 19.9 Å². The van der Waals surface area contributed by atoms with Gasteiger partial charge in [0, 0.05) is 23.3 Å². The number of carbonyl (C=O) groups is 1. The molecule has 1 aromatic heterocycles. The third-order valence-electron chi connectivity index (χ3n) is 3.76. The van der Waals surface area contributed by atoms with Crippen LogP contribution < -0.4 is 16.4 Å². The monoisotopic (exact) mass is 490 g/mol. The van der Waals surface area contributed by atoms with Gasteiger partial charge in [-0.15, -0.1) is 35.3 Å². The van der Waals surface area contributed by atoms with Crippen molar-refractivity contribution in [1.29, 1.82) is 0 Å². The molecule has 0 aliphatic carbocycles. The largest absolute Gasteiger partial charge is 0.369 e. The third kappa shape index (κ3) is 7.28. The van der Waals surface area contributed by atoms with Crippen LogP contribution in [-0.2, 0) is 17.8 Å². The number of benzene rings is 1. The molecule has 0 spiro atoms. The smallest absolute Gasteiger partial charge is 0.222 e. The lowest BCUT2D eigenvalue weighted by Gasteiger charge is -2.17. The summed E-state index contributed by atoms with van der Waals surface area (Å²) in [5.41, 5.74) is 6.36. The molecule has 1 aromatic carbocycles. The molecule has 1 heterocycles. The Balaban J connectivity index is 0.00000338. The van der Waals surface area contributed by atoms with E-state index in [0.29, 0.717) is 25.5 Å². The fourth-order valence-corrected chi connectivity index (χ4v) is 3.20. The predicted molar refractivity (Wildman–Crippen MR) is 115 cm³/mol. The van der Waals surface area contributed by atoms with Crippen LogP contribution in [0.25, 0.3) is 0 Å². The van der Waals surface area contributed by atoms with Crippen LogP contribution in [0.15, 0.2) is 41.4 Å². The first-order valence-corrected chi connectivity index (χ1v) is 8.83. The number of rotatable bonds is 7. The van der Waals surface area contributed by atoms with Gasteiger partial charge in [0.2, 0.25) is 5.91 Å². The van der Waals surface area contributed by atoms with Crippen molar-refractivity contribution in [3.05, 3.63) is 57.5 Å². The Morgan fingerprint density at radius 2 is 1.92 bits per heavy atom. The average Bonchev–Trinajstić information content (AvgIpc) is 3.00. The van der Waals surface area contributed by atoms with Crippen molar-refractivity contribution in [2.24, 2.45) is 16.6 Å². The molecule has 0 aliphatic heterocycles. The minimum Gasteiger partial charge on any atom is -0.369 e. The zero-order valence-corrected chi connectivity index (χ0v) is 17.9. The van der Waals surface area contributed by atoms with E-state index in [1.807, 2.05) is 0 Å². The number of hydrogen-bond acceptors (Lipinski definition) is 3. The zero-order chi connectivity index (χ0) is 18.2. The highest BCUT2D eigenvalue weighted by Gasteiger charge is 2.16. The molecule has 26 heavy (non-hydrogen) atoms. The summed E-state index contributed by atoms with van der Waals surface area (Å²) in [6, 6.07) is 10.2. The second kappa shape index (κ2) is 11.1. The van der Waals surface area contributed by atoms with Crippen LogP contribution >= 0.6 is 35.3 Å². The van der Waals surface area contributed by atoms with Crippen molar-refractivity contribution >= 4 is 47.2 Å². The Labute approximate surface area is 174 Å². The number of primary amides is 1. The van der Waals surface area contributed by atoms with Crippen LogP contribution in [0.5, 0.6) is 0 Å². The van der Waals surface area contributed by atoms with E-state index < -0.39 is 11.8 Å². The maximum Gasteiger partial charge on any atom is 0.222 e. The van der Waals surface area contributed by atoms with Gasteiger partial charge in [-0.3, -0.25) is 9.79 Å². The number of halogens is 2. The number of thiophene rings is 1. The van der Waals surface area contributed by atoms with Crippen molar-refractivity contribution < 1.29 is 9.18 Å². The van der Waals surface area contributed by atoms with Gasteiger partial charge in [0.15, 0.2) is 5.96 Å². The molecule has 0 saturated carbocycles. The Morgan fingerprint density at radius 1 is 1.23 bits per heavy atom. The highest BCUT2D eigenvalue weighted by molar-refractivity contribution is 14.0. The highest BCUT2D eigenvalue weighted by Crippen LogP contribution is 2.14. The first kappa shape index (κ1) is 22.4. The number of nitrogens with two attached hydrogens (primary N) is 1. The van der Waals surface area contributed by atoms with E-state index in [2.05, 4.69) is 34.7 Å². The molecule has 4 N–H and O–H groups in total. The molecule has 2 aromatic rings. The van der Waals surface area contributed by atoms with E-state index in [9.17, 15) is 9.18 Å². The zero-order valence-electron chi connectivity index (χ0n) is 14.8. The number of amides is 1. The molecule has 0 saturated heterocycles. The van der Waals surface area contributed by atoms with E-state index in [1.54, 1.807) is 30.5 Å². The molecular weight excluding hydrogens is 466 g/mol. The lowest BCUT2D eigenvalue weighted by atomic mass is 9.98. The standard InChI is InChI=1S/C18H23FN4OS.HI/c1-12-3-8-16(25-12)11-23-18(21-2)22-10-14(17(20)24)9-13-4-6-15(19)7-5-13;/h3-8,14H,9-11H2,1-2H3,(H2,20,24)(H2,21,22,23);1H. The molecule has 2 rings (SSSR count). The highest BCUT2D eigenvalue weighted by atomic mass is 127. The van der Waals surface area contributed by atoms with Crippen molar-refractivity contribution in [1.82, 2.24) is 10.6 Å². The summed E-state index contributed by atoms with van der Waals surface area (Å²) in [4.78, 5) is 18.3. The Kier molecular flexibility index (Phi) is 9.57. The second-order valence-corrected chi connectivity index (χ2v) is 7.12. The first-order chi connectivity index (χ1) is 12.0. The maximum atomic E-state index is 13.0. The van der Waals surface area contributed by atoms with E-state index in [4.69, 9.17) is 5.73 Å². The van der Waals surface area contributed by atoms with Gasteiger partial charge in [-0.05, 0) is 43.2 Å². The summed E-state index contributed by atoms with van der Waals surface area (Å²) in [5, 5.41) is 6.34. The molecule has 1 amide bonds. The van der Waals surface area contributed by atoms with Crippen molar-refractivity contribution in [3.63, 3.8) is 0 Å².